The molecule has 2 aliphatic rings. The van der Waals surface area contributed by atoms with Crippen molar-refractivity contribution in [1.82, 2.24) is 0 Å². The SMILES string of the molecule is CC1CSC2=C1C(O)(CN)CCC2. The lowest BCUT2D eigenvalue weighted by atomic mass is 9.78. The van der Waals surface area contributed by atoms with Crippen molar-refractivity contribution in [3.63, 3.8) is 0 Å². The van der Waals surface area contributed by atoms with Gasteiger partial charge in [0.2, 0.25) is 0 Å². The second-order valence-electron chi connectivity index (χ2n) is 4.14. The molecule has 2 rings (SSSR count). The van der Waals surface area contributed by atoms with E-state index in [4.69, 9.17) is 5.73 Å². The molecule has 1 heterocycles. The highest BCUT2D eigenvalue weighted by molar-refractivity contribution is 8.03. The summed E-state index contributed by atoms with van der Waals surface area (Å²) in [7, 11) is 0. The van der Waals surface area contributed by atoms with E-state index in [-0.39, 0.29) is 0 Å². The van der Waals surface area contributed by atoms with E-state index in [1.165, 1.54) is 10.5 Å². The fourth-order valence-electron chi connectivity index (χ4n) is 2.47. The van der Waals surface area contributed by atoms with Gasteiger partial charge in [0.1, 0.15) is 0 Å². The van der Waals surface area contributed by atoms with Crippen LogP contribution in [0.3, 0.4) is 0 Å². The Hall–Kier alpha value is 0.01000. The zero-order valence-corrected chi connectivity index (χ0v) is 8.86. The summed E-state index contributed by atoms with van der Waals surface area (Å²) in [4.78, 5) is 1.42. The lowest BCUT2D eigenvalue weighted by molar-refractivity contribution is 0.0620. The van der Waals surface area contributed by atoms with Crippen molar-refractivity contribution in [2.24, 2.45) is 11.7 Å². The molecule has 0 saturated heterocycles. The molecule has 0 saturated carbocycles. The molecule has 0 aromatic rings. The lowest BCUT2D eigenvalue weighted by Gasteiger charge is -2.34. The number of rotatable bonds is 1. The molecule has 0 bridgehead atoms. The summed E-state index contributed by atoms with van der Waals surface area (Å²) in [6, 6.07) is 0. The number of aliphatic hydroxyl groups is 1. The standard InChI is InChI=1S/C10H17NOS/c1-7-5-13-8-3-2-4-10(12,6-11)9(7)8/h7,12H,2-6,11H2,1H3. The highest BCUT2D eigenvalue weighted by Crippen LogP contribution is 2.48. The Morgan fingerprint density at radius 1 is 1.69 bits per heavy atom. The van der Waals surface area contributed by atoms with Gasteiger partial charge in [-0.1, -0.05) is 6.92 Å². The number of nitrogens with two attached hydrogens (primary N) is 1. The smallest absolute Gasteiger partial charge is 0.0992 e. The Morgan fingerprint density at radius 3 is 3.15 bits per heavy atom. The third-order valence-corrected chi connectivity index (χ3v) is 4.57. The van der Waals surface area contributed by atoms with Crippen LogP contribution in [-0.2, 0) is 0 Å². The van der Waals surface area contributed by atoms with Gasteiger partial charge in [-0.25, -0.2) is 0 Å². The molecule has 74 valence electrons. The molecule has 1 aliphatic carbocycles. The molecular formula is C10H17NOS. The molecule has 2 nitrogen and oxygen atoms in total. The highest BCUT2D eigenvalue weighted by atomic mass is 32.2. The molecule has 3 heteroatoms. The van der Waals surface area contributed by atoms with Gasteiger partial charge in [0.25, 0.3) is 0 Å². The predicted molar refractivity (Wildman–Crippen MR) is 56.5 cm³/mol. The van der Waals surface area contributed by atoms with Gasteiger partial charge in [-0.05, 0) is 35.7 Å². The Bertz CT molecular complexity index is 251. The third kappa shape index (κ3) is 1.43. The first-order valence-corrected chi connectivity index (χ1v) is 5.95. The summed E-state index contributed by atoms with van der Waals surface area (Å²) >= 11 is 1.92. The number of thioether (sulfide) groups is 1. The van der Waals surface area contributed by atoms with Crippen LogP contribution in [0.15, 0.2) is 10.5 Å². The fourth-order valence-corrected chi connectivity index (χ4v) is 3.93. The van der Waals surface area contributed by atoms with Crippen molar-refractivity contribution in [3.8, 4) is 0 Å². The Kier molecular flexibility index (Phi) is 2.43. The molecule has 13 heavy (non-hydrogen) atoms. The summed E-state index contributed by atoms with van der Waals surface area (Å²) in [5.74, 6) is 1.65. The Labute approximate surface area is 83.6 Å². The topological polar surface area (TPSA) is 46.2 Å². The number of hydrogen-bond donors (Lipinski definition) is 2. The van der Waals surface area contributed by atoms with Crippen LogP contribution in [0.1, 0.15) is 26.2 Å². The Balaban J connectivity index is 2.35. The molecule has 2 unspecified atom stereocenters. The molecule has 0 aromatic carbocycles. The summed E-state index contributed by atoms with van der Waals surface area (Å²) in [5.41, 5.74) is 6.25. The van der Waals surface area contributed by atoms with Gasteiger partial charge in [-0.2, -0.15) is 0 Å². The summed E-state index contributed by atoms with van der Waals surface area (Å²) in [6.45, 7) is 2.58. The molecule has 0 amide bonds. The quantitative estimate of drug-likeness (QED) is 0.672. The Morgan fingerprint density at radius 2 is 2.46 bits per heavy atom. The van der Waals surface area contributed by atoms with Gasteiger partial charge in [-0.15, -0.1) is 11.8 Å². The monoisotopic (exact) mass is 199 g/mol. The van der Waals surface area contributed by atoms with Gasteiger partial charge in [0.05, 0.1) is 5.60 Å². The first kappa shape index (κ1) is 9.56. The van der Waals surface area contributed by atoms with Crippen LogP contribution in [0, 0.1) is 5.92 Å². The predicted octanol–water partition coefficient (Wildman–Crippen LogP) is 1.50. The number of allylic oxidation sites excluding steroid dienone is 1. The van der Waals surface area contributed by atoms with Crippen molar-refractivity contribution in [3.05, 3.63) is 10.5 Å². The molecular weight excluding hydrogens is 182 g/mol. The molecule has 2 atom stereocenters. The first-order chi connectivity index (χ1) is 6.17. The molecule has 0 fully saturated rings. The van der Waals surface area contributed by atoms with E-state index in [0.717, 1.165) is 25.0 Å². The van der Waals surface area contributed by atoms with Crippen LogP contribution in [0.5, 0.6) is 0 Å². The van der Waals surface area contributed by atoms with Crippen molar-refractivity contribution >= 4 is 11.8 Å². The lowest BCUT2D eigenvalue weighted by Crippen LogP contribution is -2.43. The van der Waals surface area contributed by atoms with Gasteiger partial charge < -0.3 is 10.8 Å². The van der Waals surface area contributed by atoms with Crippen LogP contribution >= 0.6 is 11.8 Å². The van der Waals surface area contributed by atoms with Crippen LogP contribution in [0.4, 0.5) is 0 Å². The molecule has 0 spiro atoms. The van der Waals surface area contributed by atoms with E-state index in [1.54, 1.807) is 0 Å². The minimum atomic E-state index is -0.670. The van der Waals surface area contributed by atoms with E-state index in [9.17, 15) is 5.11 Å². The van der Waals surface area contributed by atoms with Crippen molar-refractivity contribution in [2.75, 3.05) is 12.3 Å². The van der Waals surface area contributed by atoms with Crippen LogP contribution in [0.2, 0.25) is 0 Å². The van der Waals surface area contributed by atoms with E-state index >= 15 is 0 Å². The average Bonchev–Trinajstić information content (AvgIpc) is 2.50. The van der Waals surface area contributed by atoms with E-state index < -0.39 is 5.60 Å². The van der Waals surface area contributed by atoms with Gasteiger partial charge in [-0.3, -0.25) is 0 Å². The maximum absolute atomic E-state index is 10.3. The largest absolute Gasteiger partial charge is 0.384 e. The fraction of sp³-hybridized carbons (Fsp3) is 0.800. The second kappa shape index (κ2) is 3.30. The first-order valence-electron chi connectivity index (χ1n) is 4.96. The summed E-state index contributed by atoms with van der Waals surface area (Å²) in [6.07, 6.45) is 3.10. The zero-order valence-electron chi connectivity index (χ0n) is 8.05. The average molecular weight is 199 g/mol. The van der Waals surface area contributed by atoms with Crippen molar-refractivity contribution in [1.29, 1.82) is 0 Å². The second-order valence-corrected chi connectivity index (χ2v) is 5.25. The zero-order chi connectivity index (χ0) is 9.47. The minimum Gasteiger partial charge on any atom is -0.384 e. The van der Waals surface area contributed by atoms with E-state index in [2.05, 4.69) is 6.92 Å². The summed E-state index contributed by atoms with van der Waals surface area (Å²) in [5, 5.41) is 10.3. The maximum atomic E-state index is 10.3. The van der Waals surface area contributed by atoms with Gasteiger partial charge >= 0.3 is 0 Å². The van der Waals surface area contributed by atoms with E-state index in [0.29, 0.717) is 12.5 Å². The minimum absolute atomic E-state index is 0.386. The third-order valence-electron chi connectivity index (χ3n) is 3.13. The van der Waals surface area contributed by atoms with Crippen molar-refractivity contribution in [2.45, 2.75) is 31.8 Å². The van der Waals surface area contributed by atoms with Gasteiger partial charge in [0.15, 0.2) is 0 Å². The highest BCUT2D eigenvalue weighted by Gasteiger charge is 2.40. The molecule has 0 aromatic heterocycles. The van der Waals surface area contributed by atoms with Crippen LogP contribution < -0.4 is 5.73 Å². The van der Waals surface area contributed by atoms with Crippen LogP contribution in [-0.4, -0.2) is 23.0 Å². The molecule has 1 aliphatic heterocycles. The summed E-state index contributed by atoms with van der Waals surface area (Å²) < 4.78 is 0. The molecule has 0 radical (unpaired) electrons. The van der Waals surface area contributed by atoms with Crippen molar-refractivity contribution < 1.29 is 5.11 Å². The van der Waals surface area contributed by atoms with Gasteiger partial charge in [0, 0.05) is 12.3 Å². The molecule has 3 N–H and O–H groups in total. The number of hydrogen-bond acceptors (Lipinski definition) is 3. The van der Waals surface area contributed by atoms with Crippen LogP contribution in [0.25, 0.3) is 0 Å². The maximum Gasteiger partial charge on any atom is 0.0992 e. The normalized spacial score (nSPS) is 39.5. The van der Waals surface area contributed by atoms with E-state index in [1.807, 2.05) is 11.8 Å².